The van der Waals surface area contributed by atoms with Gasteiger partial charge in [0.05, 0.1) is 0 Å². The zero-order valence-electron chi connectivity index (χ0n) is 11.4. The topological polar surface area (TPSA) is 27.8 Å². The summed E-state index contributed by atoms with van der Waals surface area (Å²) in [5, 5.41) is 3.86. The van der Waals surface area contributed by atoms with Crippen LogP contribution in [0, 0.1) is 11.6 Å². The lowest BCUT2D eigenvalue weighted by atomic mass is 10.2. The molecule has 0 bridgehead atoms. The van der Waals surface area contributed by atoms with E-state index in [9.17, 15) is 8.78 Å². The lowest BCUT2D eigenvalue weighted by molar-refractivity contribution is 0.621. The standard InChI is InChI=1S/C16H14F2N2S/c1-19-8-10-6-11(17)3-5-15(10)21-16-9-20-14-4-2-12(18)7-13(14)16/h2-7,9,19-20H,8H2,1H3. The number of aromatic amines is 1. The van der Waals surface area contributed by atoms with E-state index in [0.29, 0.717) is 6.54 Å². The number of hydrogen-bond donors (Lipinski definition) is 2. The Morgan fingerprint density at radius 2 is 1.81 bits per heavy atom. The fourth-order valence-electron chi connectivity index (χ4n) is 2.25. The van der Waals surface area contributed by atoms with Crippen molar-refractivity contribution in [3.05, 3.63) is 59.8 Å². The summed E-state index contributed by atoms with van der Waals surface area (Å²) in [5.74, 6) is -0.520. The van der Waals surface area contributed by atoms with E-state index in [0.717, 1.165) is 26.3 Å². The van der Waals surface area contributed by atoms with Crippen molar-refractivity contribution in [3.63, 3.8) is 0 Å². The average molecular weight is 304 g/mol. The Labute approximate surface area is 125 Å². The normalized spacial score (nSPS) is 11.2. The van der Waals surface area contributed by atoms with Crippen molar-refractivity contribution in [2.75, 3.05) is 7.05 Å². The summed E-state index contributed by atoms with van der Waals surface area (Å²) in [4.78, 5) is 5.00. The van der Waals surface area contributed by atoms with Crippen LogP contribution in [0.1, 0.15) is 5.56 Å². The lowest BCUT2D eigenvalue weighted by Gasteiger charge is -2.08. The lowest BCUT2D eigenvalue weighted by Crippen LogP contribution is -2.06. The number of fused-ring (bicyclic) bond motifs is 1. The number of H-pyrrole nitrogens is 1. The second-order valence-corrected chi connectivity index (χ2v) is 5.81. The molecular formula is C16H14F2N2S. The largest absolute Gasteiger partial charge is 0.360 e. The molecule has 1 heterocycles. The minimum atomic E-state index is -0.265. The van der Waals surface area contributed by atoms with Crippen molar-refractivity contribution in [2.24, 2.45) is 0 Å². The van der Waals surface area contributed by atoms with Crippen LogP contribution >= 0.6 is 11.8 Å². The van der Waals surface area contributed by atoms with E-state index in [2.05, 4.69) is 10.3 Å². The van der Waals surface area contributed by atoms with Gasteiger partial charge >= 0.3 is 0 Å². The molecule has 0 spiro atoms. The van der Waals surface area contributed by atoms with Crippen molar-refractivity contribution in [1.29, 1.82) is 0 Å². The van der Waals surface area contributed by atoms with Gasteiger partial charge in [-0.05, 0) is 49.0 Å². The Bertz CT molecular complexity index is 783. The van der Waals surface area contributed by atoms with Crippen LogP contribution in [0.25, 0.3) is 10.9 Å². The highest BCUT2D eigenvalue weighted by molar-refractivity contribution is 7.99. The van der Waals surface area contributed by atoms with Gasteiger partial charge in [-0.25, -0.2) is 8.78 Å². The molecule has 0 aliphatic rings. The maximum Gasteiger partial charge on any atom is 0.123 e. The zero-order chi connectivity index (χ0) is 14.8. The molecule has 0 aliphatic carbocycles. The first-order valence-electron chi connectivity index (χ1n) is 6.55. The van der Waals surface area contributed by atoms with Gasteiger partial charge < -0.3 is 10.3 Å². The summed E-state index contributed by atoms with van der Waals surface area (Å²) in [6, 6.07) is 9.37. The minimum Gasteiger partial charge on any atom is -0.360 e. The Balaban J connectivity index is 2.00. The highest BCUT2D eigenvalue weighted by atomic mass is 32.2. The molecule has 0 saturated carbocycles. The molecule has 21 heavy (non-hydrogen) atoms. The molecule has 0 aliphatic heterocycles. The molecule has 0 radical (unpaired) electrons. The minimum absolute atomic E-state index is 0.255. The SMILES string of the molecule is CNCc1cc(F)ccc1Sc1c[nH]c2ccc(F)cc12. The molecule has 3 aromatic rings. The van der Waals surface area contributed by atoms with Crippen molar-refractivity contribution in [2.45, 2.75) is 16.3 Å². The van der Waals surface area contributed by atoms with Crippen LogP contribution in [0.15, 0.2) is 52.4 Å². The summed E-state index contributed by atoms with van der Waals surface area (Å²) in [5.41, 5.74) is 1.77. The van der Waals surface area contributed by atoms with Gasteiger partial charge in [0.25, 0.3) is 0 Å². The molecule has 108 valence electrons. The maximum atomic E-state index is 13.4. The quantitative estimate of drug-likeness (QED) is 0.751. The Morgan fingerprint density at radius 3 is 2.62 bits per heavy atom. The third kappa shape index (κ3) is 2.94. The molecule has 3 rings (SSSR count). The Kier molecular flexibility index (Phi) is 3.94. The summed E-state index contributed by atoms with van der Waals surface area (Å²) in [6.45, 7) is 0.580. The van der Waals surface area contributed by atoms with Crippen molar-refractivity contribution >= 4 is 22.7 Å². The summed E-state index contributed by atoms with van der Waals surface area (Å²) >= 11 is 1.50. The van der Waals surface area contributed by atoms with Crippen LogP contribution in [0.2, 0.25) is 0 Å². The smallest absolute Gasteiger partial charge is 0.123 e. The van der Waals surface area contributed by atoms with Crippen LogP contribution in [0.4, 0.5) is 8.78 Å². The Hall–Kier alpha value is -1.85. The van der Waals surface area contributed by atoms with E-state index in [1.807, 2.05) is 13.2 Å². The van der Waals surface area contributed by atoms with Crippen LogP contribution in [-0.2, 0) is 6.54 Å². The van der Waals surface area contributed by atoms with Gasteiger partial charge in [0.15, 0.2) is 0 Å². The third-order valence-electron chi connectivity index (χ3n) is 3.22. The number of aromatic nitrogens is 1. The van der Waals surface area contributed by atoms with Crippen LogP contribution in [0.3, 0.4) is 0 Å². The fraction of sp³-hybridized carbons (Fsp3) is 0.125. The molecule has 2 aromatic carbocycles. The molecule has 0 saturated heterocycles. The van der Waals surface area contributed by atoms with Crippen LogP contribution in [-0.4, -0.2) is 12.0 Å². The summed E-state index contributed by atoms with van der Waals surface area (Å²) in [6.07, 6.45) is 1.85. The van der Waals surface area contributed by atoms with E-state index in [1.54, 1.807) is 12.1 Å². The summed E-state index contributed by atoms with van der Waals surface area (Å²) in [7, 11) is 1.82. The van der Waals surface area contributed by atoms with Gasteiger partial charge in [0, 0.05) is 33.4 Å². The number of rotatable bonds is 4. The molecule has 5 heteroatoms. The molecule has 2 nitrogen and oxygen atoms in total. The molecular weight excluding hydrogens is 290 g/mol. The van der Waals surface area contributed by atoms with Crippen LogP contribution in [0.5, 0.6) is 0 Å². The maximum absolute atomic E-state index is 13.4. The van der Waals surface area contributed by atoms with Crippen molar-refractivity contribution in [3.8, 4) is 0 Å². The second kappa shape index (κ2) is 5.87. The number of nitrogens with one attached hydrogen (secondary N) is 2. The van der Waals surface area contributed by atoms with Crippen molar-refractivity contribution in [1.82, 2.24) is 10.3 Å². The second-order valence-electron chi connectivity index (χ2n) is 4.73. The first kappa shape index (κ1) is 14.1. The fourth-order valence-corrected chi connectivity index (χ4v) is 3.28. The zero-order valence-corrected chi connectivity index (χ0v) is 12.2. The van der Waals surface area contributed by atoms with Gasteiger partial charge in [-0.1, -0.05) is 11.8 Å². The molecule has 0 amide bonds. The van der Waals surface area contributed by atoms with Gasteiger partial charge in [0.1, 0.15) is 11.6 Å². The number of benzene rings is 2. The first-order valence-corrected chi connectivity index (χ1v) is 7.36. The average Bonchev–Trinajstić information content (AvgIpc) is 2.84. The predicted octanol–water partition coefficient (Wildman–Crippen LogP) is 4.32. The van der Waals surface area contributed by atoms with Gasteiger partial charge in [-0.2, -0.15) is 0 Å². The monoisotopic (exact) mass is 304 g/mol. The van der Waals surface area contributed by atoms with E-state index in [-0.39, 0.29) is 11.6 Å². The first-order chi connectivity index (χ1) is 10.2. The number of halogens is 2. The van der Waals surface area contributed by atoms with E-state index < -0.39 is 0 Å². The molecule has 0 unspecified atom stereocenters. The third-order valence-corrected chi connectivity index (χ3v) is 4.39. The van der Waals surface area contributed by atoms with Gasteiger partial charge in [0.2, 0.25) is 0 Å². The van der Waals surface area contributed by atoms with E-state index in [1.165, 1.54) is 36.0 Å². The highest BCUT2D eigenvalue weighted by Crippen LogP contribution is 2.35. The van der Waals surface area contributed by atoms with Crippen LogP contribution < -0.4 is 5.32 Å². The molecule has 1 aromatic heterocycles. The van der Waals surface area contributed by atoms with E-state index >= 15 is 0 Å². The van der Waals surface area contributed by atoms with Gasteiger partial charge in [-0.15, -0.1) is 0 Å². The predicted molar refractivity (Wildman–Crippen MR) is 81.5 cm³/mol. The van der Waals surface area contributed by atoms with E-state index in [4.69, 9.17) is 0 Å². The van der Waals surface area contributed by atoms with Crippen molar-refractivity contribution < 1.29 is 8.78 Å². The molecule has 2 N–H and O–H groups in total. The number of hydrogen-bond acceptors (Lipinski definition) is 2. The Morgan fingerprint density at radius 1 is 1.05 bits per heavy atom. The van der Waals surface area contributed by atoms with Gasteiger partial charge in [-0.3, -0.25) is 0 Å². The molecule has 0 atom stereocenters. The molecule has 0 fully saturated rings. The highest BCUT2D eigenvalue weighted by Gasteiger charge is 2.10. The summed E-state index contributed by atoms with van der Waals surface area (Å²) < 4.78 is 26.8.